The fourth-order valence-corrected chi connectivity index (χ4v) is 2.18. The minimum atomic E-state index is 0.517. The lowest BCUT2D eigenvalue weighted by Crippen LogP contribution is -2.44. The van der Waals surface area contributed by atoms with E-state index in [1.807, 2.05) is 12.4 Å². The van der Waals surface area contributed by atoms with Crippen molar-refractivity contribution in [3.8, 4) is 0 Å². The lowest BCUT2D eigenvalue weighted by Gasteiger charge is -2.34. The van der Waals surface area contributed by atoms with Crippen molar-refractivity contribution in [2.75, 3.05) is 19.6 Å². The van der Waals surface area contributed by atoms with Crippen molar-refractivity contribution in [3.05, 3.63) is 12.4 Å². The molecule has 2 atom stereocenters. The minimum absolute atomic E-state index is 0.517. The van der Waals surface area contributed by atoms with Gasteiger partial charge in [-0.15, -0.1) is 0 Å². The van der Waals surface area contributed by atoms with E-state index in [1.54, 1.807) is 0 Å². The van der Waals surface area contributed by atoms with Crippen molar-refractivity contribution in [1.29, 1.82) is 0 Å². The zero-order valence-electron chi connectivity index (χ0n) is 9.06. The van der Waals surface area contributed by atoms with Crippen LogP contribution in [0.4, 0.5) is 0 Å². The molecule has 0 bridgehead atoms. The van der Waals surface area contributed by atoms with Crippen LogP contribution in [0.2, 0.25) is 0 Å². The Balaban J connectivity index is 1.91. The quantitative estimate of drug-likeness (QED) is 0.662. The molecule has 0 aromatic carbocycles. The Hall–Kier alpha value is -0.830. The monoisotopic (exact) mass is 193 g/mol. The van der Waals surface area contributed by atoms with Crippen LogP contribution >= 0.6 is 0 Å². The SMILES string of the molecule is CC1CCN(C(C)N2C=CN=CC2)C1. The first kappa shape index (κ1) is 9.71. The number of likely N-dealkylation sites (tertiary alicyclic amines) is 1. The summed E-state index contributed by atoms with van der Waals surface area (Å²) in [7, 11) is 0. The summed E-state index contributed by atoms with van der Waals surface area (Å²) in [5.74, 6) is 0.861. The van der Waals surface area contributed by atoms with Gasteiger partial charge in [-0.1, -0.05) is 6.92 Å². The lowest BCUT2D eigenvalue weighted by atomic mass is 10.2. The molecule has 0 aliphatic carbocycles. The molecule has 2 rings (SSSR count). The molecule has 0 saturated carbocycles. The molecule has 2 unspecified atom stereocenters. The van der Waals surface area contributed by atoms with E-state index in [-0.39, 0.29) is 0 Å². The Morgan fingerprint density at radius 2 is 2.36 bits per heavy atom. The highest BCUT2D eigenvalue weighted by atomic mass is 15.4. The first-order valence-electron chi connectivity index (χ1n) is 5.45. The Bertz CT molecular complexity index is 247. The summed E-state index contributed by atoms with van der Waals surface area (Å²) in [4.78, 5) is 8.97. The number of nitrogens with zero attached hydrogens (tertiary/aromatic N) is 3. The van der Waals surface area contributed by atoms with Crippen LogP contribution in [0.3, 0.4) is 0 Å². The maximum absolute atomic E-state index is 4.09. The van der Waals surface area contributed by atoms with Gasteiger partial charge in [0, 0.05) is 31.7 Å². The van der Waals surface area contributed by atoms with Crippen LogP contribution < -0.4 is 0 Å². The second kappa shape index (κ2) is 4.13. The maximum atomic E-state index is 4.09. The Morgan fingerprint density at radius 1 is 1.50 bits per heavy atom. The molecule has 3 nitrogen and oxygen atoms in total. The van der Waals surface area contributed by atoms with Crippen molar-refractivity contribution < 1.29 is 0 Å². The molecule has 14 heavy (non-hydrogen) atoms. The molecule has 3 heteroatoms. The van der Waals surface area contributed by atoms with Gasteiger partial charge < -0.3 is 4.90 Å². The van der Waals surface area contributed by atoms with E-state index >= 15 is 0 Å². The van der Waals surface area contributed by atoms with Crippen molar-refractivity contribution in [1.82, 2.24) is 9.80 Å². The Kier molecular flexibility index (Phi) is 2.87. The highest BCUT2D eigenvalue weighted by molar-refractivity contribution is 5.61. The fraction of sp³-hybridized carbons (Fsp3) is 0.727. The molecule has 2 heterocycles. The molecule has 0 N–H and O–H groups in total. The molecular formula is C11H19N3. The Labute approximate surface area is 86.1 Å². The summed E-state index contributed by atoms with van der Waals surface area (Å²) in [6.07, 6.45) is 7.79. The summed E-state index contributed by atoms with van der Waals surface area (Å²) in [6, 6.07) is 0. The topological polar surface area (TPSA) is 18.8 Å². The average molecular weight is 193 g/mol. The molecule has 0 aromatic rings. The van der Waals surface area contributed by atoms with E-state index in [1.165, 1.54) is 19.5 Å². The van der Waals surface area contributed by atoms with Crippen LogP contribution in [-0.2, 0) is 0 Å². The van der Waals surface area contributed by atoms with Gasteiger partial charge >= 0.3 is 0 Å². The van der Waals surface area contributed by atoms with E-state index in [2.05, 4.69) is 34.8 Å². The molecule has 0 radical (unpaired) electrons. The van der Waals surface area contributed by atoms with Crippen molar-refractivity contribution >= 4 is 6.21 Å². The van der Waals surface area contributed by atoms with E-state index in [0.717, 1.165) is 12.5 Å². The van der Waals surface area contributed by atoms with Crippen LogP contribution in [0.15, 0.2) is 17.4 Å². The second-order valence-electron chi connectivity index (χ2n) is 4.35. The summed E-state index contributed by atoms with van der Waals surface area (Å²) in [5, 5.41) is 0. The van der Waals surface area contributed by atoms with Crippen LogP contribution in [0.5, 0.6) is 0 Å². The summed E-state index contributed by atoms with van der Waals surface area (Å²) in [5.41, 5.74) is 0. The first-order valence-corrected chi connectivity index (χ1v) is 5.45. The van der Waals surface area contributed by atoms with Crippen LogP contribution in [0.1, 0.15) is 20.3 Å². The van der Waals surface area contributed by atoms with E-state index in [9.17, 15) is 0 Å². The third-order valence-corrected chi connectivity index (χ3v) is 3.21. The smallest absolute Gasteiger partial charge is 0.0791 e. The number of rotatable bonds is 2. The highest BCUT2D eigenvalue weighted by Crippen LogP contribution is 2.19. The molecule has 0 spiro atoms. The van der Waals surface area contributed by atoms with Crippen LogP contribution in [-0.4, -0.2) is 41.8 Å². The molecule has 2 aliphatic heterocycles. The van der Waals surface area contributed by atoms with Crippen LogP contribution in [0.25, 0.3) is 0 Å². The van der Waals surface area contributed by atoms with Crippen molar-refractivity contribution in [2.45, 2.75) is 26.4 Å². The third kappa shape index (κ3) is 1.98. The minimum Gasteiger partial charge on any atom is -0.355 e. The van der Waals surface area contributed by atoms with Gasteiger partial charge in [0.15, 0.2) is 0 Å². The number of hydrogen-bond acceptors (Lipinski definition) is 3. The number of hydrogen-bond donors (Lipinski definition) is 0. The standard InChI is InChI=1S/C11H19N3/c1-10-3-6-14(9-10)11(2)13-7-4-12-5-8-13/h4-5,7,10-11H,3,6,8-9H2,1-2H3. The zero-order valence-corrected chi connectivity index (χ0v) is 9.06. The highest BCUT2D eigenvalue weighted by Gasteiger charge is 2.25. The van der Waals surface area contributed by atoms with E-state index in [4.69, 9.17) is 0 Å². The largest absolute Gasteiger partial charge is 0.355 e. The summed E-state index contributed by atoms with van der Waals surface area (Å²) in [6.45, 7) is 8.04. The first-order chi connectivity index (χ1) is 6.77. The van der Waals surface area contributed by atoms with Gasteiger partial charge in [-0.25, -0.2) is 0 Å². The predicted octanol–water partition coefficient (Wildman–Crippen LogP) is 1.53. The van der Waals surface area contributed by atoms with Gasteiger partial charge in [0.05, 0.1) is 12.7 Å². The summed E-state index contributed by atoms with van der Waals surface area (Å²) >= 11 is 0. The van der Waals surface area contributed by atoms with Crippen molar-refractivity contribution in [2.24, 2.45) is 10.9 Å². The van der Waals surface area contributed by atoms with Gasteiger partial charge in [0.1, 0.15) is 0 Å². The molecule has 2 aliphatic rings. The predicted molar refractivity (Wildman–Crippen MR) is 59.2 cm³/mol. The van der Waals surface area contributed by atoms with Gasteiger partial charge in [0.25, 0.3) is 0 Å². The lowest BCUT2D eigenvalue weighted by molar-refractivity contribution is 0.123. The van der Waals surface area contributed by atoms with E-state index in [0.29, 0.717) is 6.17 Å². The molecule has 1 fully saturated rings. The van der Waals surface area contributed by atoms with E-state index < -0.39 is 0 Å². The summed E-state index contributed by atoms with van der Waals surface area (Å²) < 4.78 is 0. The fourth-order valence-electron chi connectivity index (χ4n) is 2.18. The van der Waals surface area contributed by atoms with Gasteiger partial charge in [-0.05, 0) is 19.3 Å². The average Bonchev–Trinajstić information content (AvgIpc) is 2.65. The number of aliphatic imine (C=N–C) groups is 1. The van der Waals surface area contributed by atoms with Gasteiger partial charge in [-0.2, -0.15) is 0 Å². The molecular weight excluding hydrogens is 174 g/mol. The van der Waals surface area contributed by atoms with Gasteiger partial charge in [-0.3, -0.25) is 9.89 Å². The molecule has 0 aromatic heterocycles. The van der Waals surface area contributed by atoms with Gasteiger partial charge in [0.2, 0.25) is 0 Å². The molecule has 1 saturated heterocycles. The maximum Gasteiger partial charge on any atom is 0.0791 e. The van der Waals surface area contributed by atoms with Crippen LogP contribution in [0, 0.1) is 5.92 Å². The third-order valence-electron chi connectivity index (χ3n) is 3.21. The normalized spacial score (nSPS) is 29.9. The molecule has 78 valence electrons. The zero-order chi connectivity index (χ0) is 9.97. The van der Waals surface area contributed by atoms with Crippen molar-refractivity contribution in [3.63, 3.8) is 0 Å². The molecule has 0 amide bonds. The second-order valence-corrected chi connectivity index (χ2v) is 4.35. The Morgan fingerprint density at radius 3 is 2.93 bits per heavy atom.